The predicted molar refractivity (Wildman–Crippen MR) is 113 cm³/mol. The zero-order valence-electron chi connectivity index (χ0n) is 15.7. The van der Waals surface area contributed by atoms with Crippen LogP contribution >= 0.6 is 0 Å². The van der Waals surface area contributed by atoms with Crippen LogP contribution in [0.1, 0.15) is 13.8 Å². The van der Waals surface area contributed by atoms with Crippen molar-refractivity contribution in [3.63, 3.8) is 0 Å². The second-order valence-corrected chi connectivity index (χ2v) is 7.74. The van der Waals surface area contributed by atoms with Gasteiger partial charge in [0.2, 0.25) is 0 Å². The lowest BCUT2D eigenvalue weighted by atomic mass is 10.1. The topological polar surface area (TPSA) is 54.4 Å². The second-order valence-electron chi connectivity index (χ2n) is 6.00. The molecule has 0 aliphatic rings. The molecule has 27 heavy (non-hydrogen) atoms. The van der Waals surface area contributed by atoms with Gasteiger partial charge in [-0.2, -0.15) is 8.42 Å². The van der Waals surface area contributed by atoms with Gasteiger partial charge in [0, 0.05) is 0 Å². The fourth-order valence-electron chi connectivity index (χ4n) is 3.04. The Morgan fingerprint density at radius 2 is 0.926 bits per heavy atom. The molecule has 1 N–H and O–H groups in total. The van der Waals surface area contributed by atoms with Crippen molar-refractivity contribution in [3.05, 3.63) is 91.0 Å². The van der Waals surface area contributed by atoms with Gasteiger partial charge in [0.25, 0.3) is 10.1 Å². The molecule has 0 aliphatic heterocycles. The van der Waals surface area contributed by atoms with E-state index in [1.54, 1.807) is 0 Å². The van der Waals surface area contributed by atoms with Crippen LogP contribution in [-0.4, -0.2) is 25.3 Å². The van der Waals surface area contributed by atoms with Crippen molar-refractivity contribution in [2.45, 2.75) is 13.8 Å². The first-order chi connectivity index (χ1) is 12.9. The zero-order valence-corrected chi connectivity index (χ0v) is 16.5. The van der Waals surface area contributed by atoms with Gasteiger partial charge < -0.3 is 0 Å². The Labute approximate surface area is 162 Å². The first-order valence-electron chi connectivity index (χ1n) is 8.94. The summed E-state index contributed by atoms with van der Waals surface area (Å²) < 4.78 is 27.6. The summed E-state index contributed by atoms with van der Waals surface area (Å²) in [5, 5.41) is 0. The van der Waals surface area contributed by atoms with Gasteiger partial charge in [-0.25, -0.2) is 4.48 Å². The van der Waals surface area contributed by atoms with Gasteiger partial charge in [0.1, 0.15) is 17.1 Å². The molecule has 3 aromatic carbocycles. The van der Waals surface area contributed by atoms with Crippen LogP contribution in [0.3, 0.4) is 0 Å². The normalized spacial score (nSPS) is 11.4. The van der Waals surface area contributed by atoms with E-state index in [9.17, 15) is 8.42 Å². The SMILES string of the molecule is CCS(=O)(=O)O.CC[N+](c1ccccc1)(c1ccccc1)c1ccccc1. The highest BCUT2D eigenvalue weighted by Gasteiger charge is 2.33. The third kappa shape index (κ3) is 5.26. The molecular weight excluding hydrogens is 358 g/mol. The Hall–Kier alpha value is -2.47. The van der Waals surface area contributed by atoms with E-state index in [-0.39, 0.29) is 5.75 Å². The Morgan fingerprint density at radius 3 is 1.11 bits per heavy atom. The molecule has 5 heteroatoms. The maximum absolute atomic E-state index is 9.56. The summed E-state index contributed by atoms with van der Waals surface area (Å²) in [6.07, 6.45) is 0. The number of rotatable bonds is 5. The lowest BCUT2D eigenvalue weighted by Crippen LogP contribution is -2.38. The van der Waals surface area contributed by atoms with Crippen molar-refractivity contribution in [2.24, 2.45) is 0 Å². The van der Waals surface area contributed by atoms with Crippen molar-refractivity contribution in [2.75, 3.05) is 12.3 Å². The summed E-state index contributed by atoms with van der Waals surface area (Å²) in [5.74, 6) is -0.201. The van der Waals surface area contributed by atoms with Crippen molar-refractivity contribution in [1.82, 2.24) is 4.48 Å². The van der Waals surface area contributed by atoms with Crippen LogP contribution < -0.4 is 4.48 Å². The van der Waals surface area contributed by atoms with Gasteiger partial charge >= 0.3 is 0 Å². The fraction of sp³-hybridized carbons (Fsp3) is 0.182. The highest BCUT2D eigenvalue weighted by Crippen LogP contribution is 2.42. The van der Waals surface area contributed by atoms with Crippen molar-refractivity contribution >= 4 is 27.2 Å². The number of nitrogens with zero attached hydrogens (tertiary/aromatic N) is 1. The minimum atomic E-state index is -3.66. The van der Waals surface area contributed by atoms with E-state index in [0.717, 1.165) is 11.0 Å². The molecule has 0 spiro atoms. The summed E-state index contributed by atoms with van der Waals surface area (Å²) in [6.45, 7) is 4.58. The summed E-state index contributed by atoms with van der Waals surface area (Å²) >= 11 is 0. The molecule has 4 nitrogen and oxygen atoms in total. The summed E-state index contributed by atoms with van der Waals surface area (Å²) in [4.78, 5) is 0. The molecule has 142 valence electrons. The summed E-state index contributed by atoms with van der Waals surface area (Å²) in [5.41, 5.74) is 3.87. The fourth-order valence-corrected chi connectivity index (χ4v) is 3.04. The first-order valence-corrected chi connectivity index (χ1v) is 10.5. The molecule has 0 heterocycles. The van der Waals surface area contributed by atoms with E-state index in [1.165, 1.54) is 24.0 Å². The Bertz CT molecular complexity index is 815. The third-order valence-corrected chi connectivity index (χ3v) is 5.16. The second kappa shape index (κ2) is 9.46. The van der Waals surface area contributed by atoms with Gasteiger partial charge in [-0.05, 0) is 50.2 Å². The zero-order chi connectivity index (χ0) is 19.8. The van der Waals surface area contributed by atoms with Crippen LogP contribution in [0.15, 0.2) is 91.0 Å². The molecular formula is C22H26NO3S+. The van der Waals surface area contributed by atoms with Crippen molar-refractivity contribution in [1.29, 1.82) is 0 Å². The maximum Gasteiger partial charge on any atom is 0.264 e. The molecule has 0 bridgehead atoms. The minimum absolute atomic E-state index is 0.201. The maximum atomic E-state index is 9.56. The Morgan fingerprint density at radius 1 is 0.667 bits per heavy atom. The van der Waals surface area contributed by atoms with Gasteiger partial charge in [-0.15, -0.1) is 0 Å². The molecule has 0 aliphatic carbocycles. The number of para-hydroxylation sites is 3. The molecule has 0 amide bonds. The average Bonchev–Trinajstić information content (AvgIpc) is 2.71. The lowest BCUT2D eigenvalue weighted by molar-refractivity contribution is 0.484. The number of hydrogen-bond donors (Lipinski definition) is 1. The molecule has 0 aromatic heterocycles. The van der Waals surface area contributed by atoms with Crippen LogP contribution in [0.25, 0.3) is 0 Å². The van der Waals surface area contributed by atoms with Gasteiger partial charge in [0.15, 0.2) is 0 Å². The van der Waals surface area contributed by atoms with E-state index in [0.29, 0.717) is 0 Å². The van der Waals surface area contributed by atoms with Gasteiger partial charge in [-0.3, -0.25) is 4.55 Å². The van der Waals surface area contributed by atoms with Crippen LogP contribution in [0.2, 0.25) is 0 Å². The monoisotopic (exact) mass is 384 g/mol. The third-order valence-electron chi connectivity index (χ3n) is 4.43. The van der Waals surface area contributed by atoms with E-state index in [2.05, 4.69) is 97.9 Å². The van der Waals surface area contributed by atoms with E-state index in [1.807, 2.05) is 0 Å². The smallest absolute Gasteiger partial charge is 0.264 e. The number of quaternary nitrogens is 1. The number of hydrogen-bond acceptors (Lipinski definition) is 2. The predicted octanol–water partition coefficient (Wildman–Crippen LogP) is 5.57. The molecule has 3 rings (SSSR count). The Kier molecular flexibility index (Phi) is 7.30. The Balaban J connectivity index is 0.000000380. The quantitative estimate of drug-likeness (QED) is 0.462. The lowest BCUT2D eigenvalue weighted by Gasteiger charge is -2.36. The summed E-state index contributed by atoms with van der Waals surface area (Å²) in [7, 11) is -3.66. The van der Waals surface area contributed by atoms with E-state index >= 15 is 0 Å². The van der Waals surface area contributed by atoms with Crippen LogP contribution in [0.4, 0.5) is 17.1 Å². The van der Waals surface area contributed by atoms with Gasteiger partial charge in [-0.1, -0.05) is 54.6 Å². The van der Waals surface area contributed by atoms with Crippen molar-refractivity contribution < 1.29 is 13.0 Å². The highest BCUT2D eigenvalue weighted by atomic mass is 32.2. The van der Waals surface area contributed by atoms with Gasteiger partial charge in [0.05, 0.1) is 12.3 Å². The van der Waals surface area contributed by atoms with Crippen LogP contribution in [0, 0.1) is 0 Å². The van der Waals surface area contributed by atoms with Crippen molar-refractivity contribution in [3.8, 4) is 0 Å². The standard InChI is InChI=1S/C20H20N.C2H6O3S/c1-2-21(18-12-6-3-7-13-18,19-14-8-4-9-15-19)20-16-10-5-11-17-20;1-2-6(3,4)5/h3-17H,2H2,1H3;2H2,1H3,(H,3,4,5)/q+1;. The molecule has 0 atom stereocenters. The van der Waals surface area contributed by atoms with Crippen LogP contribution in [-0.2, 0) is 10.1 Å². The first kappa shape index (κ1) is 20.8. The molecule has 0 saturated carbocycles. The largest absolute Gasteiger partial charge is 0.286 e. The molecule has 0 fully saturated rings. The number of benzene rings is 3. The van der Waals surface area contributed by atoms with Crippen LogP contribution in [0.5, 0.6) is 0 Å². The van der Waals surface area contributed by atoms with E-state index in [4.69, 9.17) is 4.55 Å². The summed E-state index contributed by atoms with van der Waals surface area (Å²) in [6, 6.07) is 32.2. The average molecular weight is 385 g/mol. The molecule has 0 radical (unpaired) electrons. The molecule has 0 unspecified atom stereocenters. The molecule has 0 saturated heterocycles. The minimum Gasteiger partial charge on any atom is -0.286 e. The highest BCUT2D eigenvalue weighted by molar-refractivity contribution is 7.85. The molecule has 3 aromatic rings. The van der Waals surface area contributed by atoms with E-state index < -0.39 is 10.1 Å².